The van der Waals surface area contributed by atoms with Crippen molar-refractivity contribution in [2.45, 2.75) is 39.0 Å². The van der Waals surface area contributed by atoms with E-state index in [-0.39, 0.29) is 17.2 Å². The average Bonchev–Trinajstić information content (AvgIpc) is 2.29. The number of rotatable bonds is 3. The molecule has 1 atom stereocenters. The summed E-state index contributed by atoms with van der Waals surface area (Å²) in [4.78, 5) is 11.9. The fraction of sp³-hybridized carbons (Fsp3) is 0.500. The van der Waals surface area contributed by atoms with Crippen molar-refractivity contribution in [3.05, 3.63) is 34.1 Å². The Bertz CT molecular complexity index is 452. The predicted octanol–water partition coefficient (Wildman–Crippen LogP) is 4.45. The molecule has 0 N–H and O–H groups in total. The van der Waals surface area contributed by atoms with Gasteiger partial charge in [0.25, 0.3) is 0 Å². The maximum Gasteiger partial charge on any atom is 0.140 e. The summed E-state index contributed by atoms with van der Waals surface area (Å²) in [5.41, 5.74) is 0.843. The van der Waals surface area contributed by atoms with E-state index in [1.807, 2.05) is 0 Å². The van der Waals surface area contributed by atoms with E-state index >= 15 is 0 Å². The van der Waals surface area contributed by atoms with E-state index in [0.29, 0.717) is 12.2 Å². The van der Waals surface area contributed by atoms with Crippen molar-refractivity contribution in [1.82, 2.24) is 0 Å². The third kappa shape index (κ3) is 1.85. The van der Waals surface area contributed by atoms with E-state index in [9.17, 15) is 9.18 Å². The smallest absolute Gasteiger partial charge is 0.140 e. The first-order chi connectivity index (χ1) is 8.05. The van der Waals surface area contributed by atoms with E-state index in [0.717, 1.165) is 22.9 Å². The highest BCUT2D eigenvalue weighted by molar-refractivity contribution is 9.10. The van der Waals surface area contributed by atoms with E-state index in [1.165, 1.54) is 12.1 Å². The van der Waals surface area contributed by atoms with Crippen LogP contribution in [0.1, 0.15) is 44.6 Å². The van der Waals surface area contributed by atoms with Gasteiger partial charge in [0.1, 0.15) is 11.6 Å². The second kappa shape index (κ2) is 4.52. The highest BCUT2D eigenvalue weighted by atomic mass is 79.9. The Kier molecular flexibility index (Phi) is 3.39. The van der Waals surface area contributed by atoms with Gasteiger partial charge in [0.15, 0.2) is 0 Å². The maximum absolute atomic E-state index is 13.1. The second-order valence-electron chi connectivity index (χ2n) is 4.71. The van der Waals surface area contributed by atoms with Gasteiger partial charge in [-0.2, -0.15) is 0 Å². The number of carbonyl (C=O) groups excluding carboxylic acids is 1. The second-order valence-corrected chi connectivity index (χ2v) is 5.56. The molecule has 0 amide bonds. The number of hydrogen-bond donors (Lipinski definition) is 0. The maximum atomic E-state index is 13.1. The molecule has 92 valence electrons. The molecule has 0 aliphatic heterocycles. The van der Waals surface area contributed by atoms with Crippen molar-refractivity contribution < 1.29 is 9.18 Å². The lowest BCUT2D eigenvalue weighted by Crippen LogP contribution is -2.47. The zero-order valence-electron chi connectivity index (χ0n) is 10.1. The molecule has 1 fully saturated rings. The van der Waals surface area contributed by atoms with E-state index in [1.54, 1.807) is 6.07 Å². The molecular weight excluding hydrogens is 283 g/mol. The lowest BCUT2D eigenvalue weighted by Gasteiger charge is -2.47. The first kappa shape index (κ1) is 12.7. The molecule has 2 rings (SSSR count). The summed E-state index contributed by atoms with van der Waals surface area (Å²) < 4.78 is 13.8. The van der Waals surface area contributed by atoms with E-state index < -0.39 is 0 Å². The molecule has 0 saturated heterocycles. The normalized spacial score (nSPS) is 22.4. The van der Waals surface area contributed by atoms with Crippen molar-refractivity contribution in [3.63, 3.8) is 0 Å². The van der Waals surface area contributed by atoms with Gasteiger partial charge in [-0.15, -0.1) is 0 Å². The van der Waals surface area contributed by atoms with Gasteiger partial charge in [0, 0.05) is 22.2 Å². The fourth-order valence-electron chi connectivity index (χ4n) is 2.98. The van der Waals surface area contributed by atoms with Crippen molar-refractivity contribution >= 4 is 21.7 Å². The summed E-state index contributed by atoms with van der Waals surface area (Å²) in [7, 11) is 0. The van der Waals surface area contributed by atoms with E-state index in [4.69, 9.17) is 0 Å². The SMILES string of the molecule is CCC1(CC)C(=O)CC1c1ccc(F)cc1Br. The van der Waals surface area contributed by atoms with Gasteiger partial charge in [-0.25, -0.2) is 4.39 Å². The third-order valence-corrected chi connectivity index (χ3v) is 4.90. The van der Waals surface area contributed by atoms with Crippen LogP contribution in [0.2, 0.25) is 0 Å². The number of ketones is 1. The van der Waals surface area contributed by atoms with Crippen LogP contribution < -0.4 is 0 Å². The van der Waals surface area contributed by atoms with Crippen LogP contribution in [0.3, 0.4) is 0 Å². The summed E-state index contributed by atoms with van der Waals surface area (Å²) in [5, 5.41) is 0. The van der Waals surface area contributed by atoms with Crippen LogP contribution in [0.15, 0.2) is 22.7 Å². The lowest BCUT2D eigenvalue weighted by molar-refractivity contribution is -0.141. The Labute approximate surface area is 110 Å². The molecule has 0 spiro atoms. The molecule has 1 aromatic rings. The minimum atomic E-state index is -0.245. The van der Waals surface area contributed by atoms with Gasteiger partial charge in [0.2, 0.25) is 0 Å². The highest BCUT2D eigenvalue weighted by Gasteiger charge is 2.52. The molecule has 0 heterocycles. The first-order valence-corrected chi connectivity index (χ1v) is 6.82. The number of carbonyl (C=O) groups is 1. The summed E-state index contributed by atoms with van der Waals surface area (Å²) in [6, 6.07) is 4.75. The number of halogens is 2. The van der Waals surface area contributed by atoms with Crippen molar-refractivity contribution in [2.24, 2.45) is 5.41 Å². The van der Waals surface area contributed by atoms with Gasteiger partial charge in [-0.05, 0) is 30.5 Å². The molecule has 1 saturated carbocycles. The third-order valence-electron chi connectivity index (χ3n) is 4.21. The standard InChI is InChI=1S/C14H16BrFO/c1-3-14(4-2)11(8-13(14)17)10-6-5-9(16)7-12(10)15/h5-7,11H,3-4,8H2,1-2H3. The largest absolute Gasteiger partial charge is 0.299 e. The van der Waals surface area contributed by atoms with Crippen molar-refractivity contribution in [3.8, 4) is 0 Å². The van der Waals surface area contributed by atoms with Crippen LogP contribution >= 0.6 is 15.9 Å². The summed E-state index contributed by atoms with van der Waals surface area (Å²) in [6.07, 6.45) is 2.31. The molecule has 1 aromatic carbocycles. The summed E-state index contributed by atoms with van der Waals surface area (Å²) in [6.45, 7) is 4.12. The van der Waals surface area contributed by atoms with Gasteiger partial charge in [0.05, 0.1) is 0 Å². The molecule has 1 unspecified atom stereocenters. The zero-order valence-corrected chi connectivity index (χ0v) is 11.7. The van der Waals surface area contributed by atoms with Crippen LogP contribution in [0, 0.1) is 11.2 Å². The molecular formula is C14H16BrFO. The highest BCUT2D eigenvalue weighted by Crippen LogP contribution is 2.55. The molecule has 3 heteroatoms. The molecule has 1 aliphatic rings. The molecule has 0 bridgehead atoms. The van der Waals surface area contributed by atoms with Crippen LogP contribution in [0.4, 0.5) is 4.39 Å². The molecule has 0 aromatic heterocycles. The Morgan fingerprint density at radius 2 is 2.06 bits per heavy atom. The topological polar surface area (TPSA) is 17.1 Å². The summed E-state index contributed by atoms with van der Waals surface area (Å²) in [5.74, 6) is 0.341. The minimum absolute atomic E-state index is 0.222. The molecule has 0 radical (unpaired) electrons. The monoisotopic (exact) mass is 298 g/mol. The summed E-state index contributed by atoms with van der Waals surface area (Å²) >= 11 is 3.40. The Hall–Kier alpha value is -0.700. The van der Waals surface area contributed by atoms with Crippen molar-refractivity contribution in [2.75, 3.05) is 0 Å². The Balaban J connectivity index is 2.38. The van der Waals surface area contributed by atoms with Crippen LogP contribution in [0.25, 0.3) is 0 Å². The van der Waals surface area contributed by atoms with Crippen LogP contribution in [0.5, 0.6) is 0 Å². The Morgan fingerprint density at radius 1 is 1.41 bits per heavy atom. The van der Waals surface area contributed by atoms with Gasteiger partial charge in [-0.3, -0.25) is 4.79 Å². The molecule has 1 aliphatic carbocycles. The van der Waals surface area contributed by atoms with Crippen LogP contribution in [-0.4, -0.2) is 5.78 Å². The van der Waals surface area contributed by atoms with Crippen molar-refractivity contribution in [1.29, 1.82) is 0 Å². The molecule has 17 heavy (non-hydrogen) atoms. The van der Waals surface area contributed by atoms with Gasteiger partial charge >= 0.3 is 0 Å². The predicted molar refractivity (Wildman–Crippen MR) is 69.5 cm³/mol. The van der Waals surface area contributed by atoms with Crippen LogP contribution in [-0.2, 0) is 4.79 Å². The van der Waals surface area contributed by atoms with E-state index in [2.05, 4.69) is 29.8 Å². The first-order valence-electron chi connectivity index (χ1n) is 6.03. The Morgan fingerprint density at radius 3 is 2.53 bits per heavy atom. The van der Waals surface area contributed by atoms with Gasteiger partial charge < -0.3 is 0 Å². The number of benzene rings is 1. The lowest BCUT2D eigenvalue weighted by atomic mass is 9.54. The fourth-order valence-corrected chi connectivity index (χ4v) is 3.60. The quantitative estimate of drug-likeness (QED) is 0.806. The molecule has 1 nitrogen and oxygen atoms in total. The minimum Gasteiger partial charge on any atom is -0.299 e. The number of hydrogen-bond acceptors (Lipinski definition) is 1. The number of Topliss-reactive ketones (excluding diaryl/α,β-unsaturated/α-hetero) is 1. The van der Waals surface area contributed by atoms with Gasteiger partial charge in [-0.1, -0.05) is 35.8 Å². The zero-order chi connectivity index (χ0) is 12.6. The average molecular weight is 299 g/mol.